The summed E-state index contributed by atoms with van der Waals surface area (Å²) in [7, 11) is 0. The zero-order valence-electron chi connectivity index (χ0n) is 11.8. The van der Waals surface area contributed by atoms with Crippen molar-refractivity contribution in [3.8, 4) is 0 Å². The molecule has 0 aliphatic carbocycles. The third kappa shape index (κ3) is 2.83. The van der Waals surface area contributed by atoms with E-state index in [9.17, 15) is 0 Å². The van der Waals surface area contributed by atoms with Crippen molar-refractivity contribution >= 4 is 0 Å². The third-order valence-corrected chi connectivity index (χ3v) is 4.67. The van der Waals surface area contributed by atoms with Gasteiger partial charge in [0, 0.05) is 43.9 Å². The molecule has 2 saturated heterocycles. The van der Waals surface area contributed by atoms with Crippen LogP contribution in [0.3, 0.4) is 0 Å². The molecule has 0 spiro atoms. The Bertz CT molecular complexity index is 249. The van der Waals surface area contributed by atoms with Crippen LogP contribution in [0.15, 0.2) is 0 Å². The zero-order chi connectivity index (χ0) is 12.5. The molecule has 0 aromatic carbocycles. The van der Waals surface area contributed by atoms with E-state index in [1.165, 1.54) is 19.4 Å². The molecular formula is C14H28N2O. The van der Waals surface area contributed by atoms with Gasteiger partial charge in [-0.1, -0.05) is 13.8 Å². The van der Waals surface area contributed by atoms with E-state index in [1.807, 2.05) is 0 Å². The van der Waals surface area contributed by atoms with Crippen LogP contribution in [0.2, 0.25) is 0 Å². The van der Waals surface area contributed by atoms with Crippen LogP contribution in [0, 0.1) is 5.92 Å². The van der Waals surface area contributed by atoms with E-state index in [1.54, 1.807) is 0 Å². The van der Waals surface area contributed by atoms with Crippen LogP contribution < -0.4 is 5.32 Å². The number of hydrogen-bond donors (Lipinski definition) is 1. The fourth-order valence-corrected chi connectivity index (χ4v) is 3.19. The maximum absolute atomic E-state index is 5.52. The summed E-state index contributed by atoms with van der Waals surface area (Å²) >= 11 is 0. The molecule has 2 aliphatic rings. The summed E-state index contributed by atoms with van der Waals surface area (Å²) in [5, 5.41) is 3.68. The monoisotopic (exact) mass is 240 g/mol. The highest BCUT2D eigenvalue weighted by Gasteiger charge is 2.39. The molecule has 3 nitrogen and oxygen atoms in total. The minimum atomic E-state index is 0.354. The molecule has 17 heavy (non-hydrogen) atoms. The molecule has 0 amide bonds. The molecule has 100 valence electrons. The molecule has 2 unspecified atom stereocenters. The molecule has 3 heteroatoms. The summed E-state index contributed by atoms with van der Waals surface area (Å²) in [4.78, 5) is 2.73. The molecule has 2 fully saturated rings. The topological polar surface area (TPSA) is 24.5 Å². The smallest absolute Gasteiger partial charge is 0.0483 e. The quantitative estimate of drug-likeness (QED) is 0.797. The number of nitrogens with one attached hydrogen (secondary N) is 1. The highest BCUT2D eigenvalue weighted by Crippen LogP contribution is 2.31. The van der Waals surface area contributed by atoms with Gasteiger partial charge in [-0.15, -0.1) is 0 Å². The maximum Gasteiger partial charge on any atom is 0.0483 e. The van der Waals surface area contributed by atoms with Gasteiger partial charge >= 0.3 is 0 Å². The fourth-order valence-electron chi connectivity index (χ4n) is 3.19. The molecule has 2 rings (SSSR count). The van der Waals surface area contributed by atoms with Crippen molar-refractivity contribution in [2.75, 3.05) is 26.3 Å². The van der Waals surface area contributed by atoms with Crippen LogP contribution in [0.4, 0.5) is 0 Å². The number of piperazine rings is 1. The molecule has 0 aromatic heterocycles. The molecule has 1 N–H and O–H groups in total. The summed E-state index contributed by atoms with van der Waals surface area (Å²) in [5.74, 6) is 0.716. The van der Waals surface area contributed by atoms with Gasteiger partial charge in [-0.2, -0.15) is 0 Å². The minimum Gasteiger partial charge on any atom is -0.381 e. The lowest BCUT2D eigenvalue weighted by Gasteiger charge is -2.51. The summed E-state index contributed by atoms with van der Waals surface area (Å²) in [6.45, 7) is 13.6. The van der Waals surface area contributed by atoms with Crippen LogP contribution in [0.5, 0.6) is 0 Å². The molecule has 0 aromatic rings. The highest BCUT2D eigenvalue weighted by molar-refractivity contribution is 4.96. The second-order valence-corrected chi connectivity index (χ2v) is 6.37. The average Bonchev–Trinajstić information content (AvgIpc) is 2.30. The van der Waals surface area contributed by atoms with Crippen LogP contribution in [-0.2, 0) is 4.74 Å². The van der Waals surface area contributed by atoms with Gasteiger partial charge in [0.2, 0.25) is 0 Å². The highest BCUT2D eigenvalue weighted by atomic mass is 16.5. The second kappa shape index (κ2) is 5.25. The molecule has 0 bridgehead atoms. The Balaban J connectivity index is 2.06. The van der Waals surface area contributed by atoms with Crippen molar-refractivity contribution in [1.29, 1.82) is 0 Å². The van der Waals surface area contributed by atoms with E-state index >= 15 is 0 Å². The molecule has 0 saturated carbocycles. The van der Waals surface area contributed by atoms with Crippen molar-refractivity contribution < 1.29 is 4.74 Å². The first-order valence-corrected chi connectivity index (χ1v) is 7.11. The van der Waals surface area contributed by atoms with Crippen molar-refractivity contribution in [3.05, 3.63) is 0 Å². The van der Waals surface area contributed by atoms with E-state index in [2.05, 4.69) is 37.9 Å². The van der Waals surface area contributed by atoms with E-state index in [4.69, 9.17) is 4.74 Å². The standard InChI is InChI=1S/C14H28N2O/c1-11(2)13-10-16(12(3)9-15-13)14(4)5-7-17-8-6-14/h11-13,15H,5-10H2,1-4H3. The van der Waals surface area contributed by atoms with Gasteiger partial charge in [0.05, 0.1) is 0 Å². The Morgan fingerprint density at radius 1 is 1.29 bits per heavy atom. The van der Waals surface area contributed by atoms with Crippen molar-refractivity contribution in [2.45, 2.75) is 58.2 Å². The Labute approximate surface area is 106 Å². The van der Waals surface area contributed by atoms with Gasteiger partial charge in [-0.05, 0) is 32.6 Å². The molecule has 2 heterocycles. The Hall–Kier alpha value is -0.120. The average molecular weight is 240 g/mol. The van der Waals surface area contributed by atoms with Gasteiger partial charge in [-0.25, -0.2) is 0 Å². The van der Waals surface area contributed by atoms with Crippen molar-refractivity contribution in [1.82, 2.24) is 10.2 Å². The molecule has 0 radical (unpaired) electrons. The number of nitrogens with zero attached hydrogens (tertiary/aromatic N) is 1. The normalized spacial score (nSPS) is 35.1. The van der Waals surface area contributed by atoms with Gasteiger partial charge < -0.3 is 10.1 Å². The first-order valence-electron chi connectivity index (χ1n) is 7.11. The second-order valence-electron chi connectivity index (χ2n) is 6.37. The van der Waals surface area contributed by atoms with Crippen LogP contribution >= 0.6 is 0 Å². The van der Waals surface area contributed by atoms with Crippen molar-refractivity contribution in [2.24, 2.45) is 5.92 Å². The minimum absolute atomic E-state index is 0.354. The first-order chi connectivity index (χ1) is 8.03. The molecular weight excluding hydrogens is 212 g/mol. The van der Waals surface area contributed by atoms with Gasteiger partial charge in [-0.3, -0.25) is 4.90 Å². The molecule has 2 aliphatic heterocycles. The SMILES string of the molecule is CC(C)C1CN(C2(C)CCOCC2)C(C)CN1. The zero-order valence-corrected chi connectivity index (χ0v) is 11.8. The predicted octanol–water partition coefficient (Wildman–Crippen LogP) is 1.87. The molecule has 2 atom stereocenters. The predicted molar refractivity (Wildman–Crippen MR) is 71.3 cm³/mol. The van der Waals surface area contributed by atoms with E-state index in [0.29, 0.717) is 23.5 Å². The number of ether oxygens (including phenoxy) is 1. The largest absolute Gasteiger partial charge is 0.381 e. The Morgan fingerprint density at radius 2 is 1.94 bits per heavy atom. The Kier molecular flexibility index (Phi) is 4.11. The summed E-state index contributed by atoms with van der Waals surface area (Å²) in [6, 6.07) is 1.29. The Morgan fingerprint density at radius 3 is 2.53 bits per heavy atom. The van der Waals surface area contributed by atoms with Gasteiger partial charge in [0.1, 0.15) is 0 Å². The van der Waals surface area contributed by atoms with Crippen molar-refractivity contribution in [3.63, 3.8) is 0 Å². The summed E-state index contributed by atoms with van der Waals surface area (Å²) in [5.41, 5.74) is 0.354. The summed E-state index contributed by atoms with van der Waals surface area (Å²) < 4.78 is 5.52. The van der Waals surface area contributed by atoms with Gasteiger partial charge in [0.15, 0.2) is 0 Å². The summed E-state index contributed by atoms with van der Waals surface area (Å²) in [6.07, 6.45) is 2.37. The lowest BCUT2D eigenvalue weighted by molar-refractivity contribution is -0.0527. The number of hydrogen-bond acceptors (Lipinski definition) is 3. The number of rotatable bonds is 2. The maximum atomic E-state index is 5.52. The van der Waals surface area contributed by atoms with E-state index in [0.717, 1.165) is 19.8 Å². The first kappa shape index (κ1) is 13.3. The van der Waals surface area contributed by atoms with Crippen LogP contribution in [-0.4, -0.2) is 48.8 Å². The fraction of sp³-hybridized carbons (Fsp3) is 1.00. The van der Waals surface area contributed by atoms with E-state index in [-0.39, 0.29) is 0 Å². The van der Waals surface area contributed by atoms with Crippen LogP contribution in [0.25, 0.3) is 0 Å². The lowest BCUT2D eigenvalue weighted by Crippen LogP contribution is -2.64. The van der Waals surface area contributed by atoms with Crippen LogP contribution in [0.1, 0.15) is 40.5 Å². The van der Waals surface area contributed by atoms with Gasteiger partial charge in [0.25, 0.3) is 0 Å². The lowest BCUT2D eigenvalue weighted by atomic mass is 9.86. The third-order valence-electron chi connectivity index (χ3n) is 4.67. The van der Waals surface area contributed by atoms with E-state index < -0.39 is 0 Å².